The summed E-state index contributed by atoms with van der Waals surface area (Å²) in [7, 11) is 0.732. The van der Waals surface area contributed by atoms with Gasteiger partial charge in [0.25, 0.3) is 5.60 Å². The minimum Gasteiger partial charge on any atom is -0.448 e. The van der Waals surface area contributed by atoms with Crippen LogP contribution in [-0.2, 0) is 29.4 Å². The van der Waals surface area contributed by atoms with Crippen LogP contribution in [0.2, 0.25) is 0 Å². The molecule has 7 nitrogen and oxygen atoms in total. The summed E-state index contributed by atoms with van der Waals surface area (Å²) >= 11 is 0.761. The second-order valence-corrected chi connectivity index (χ2v) is 12.5. The summed E-state index contributed by atoms with van der Waals surface area (Å²) in [5.74, 6) is -1.86. The molecule has 39 heavy (non-hydrogen) atoms. The van der Waals surface area contributed by atoms with Crippen LogP contribution in [-0.4, -0.2) is 46.9 Å². The Balaban J connectivity index is 2.66. The van der Waals surface area contributed by atoms with E-state index < -0.39 is 57.0 Å². The van der Waals surface area contributed by atoms with E-state index in [1.165, 1.54) is 18.2 Å². The van der Waals surface area contributed by atoms with E-state index in [1.54, 1.807) is 71.9 Å². The van der Waals surface area contributed by atoms with Crippen LogP contribution < -0.4 is 5.32 Å². The molecule has 3 atom stereocenters. The summed E-state index contributed by atoms with van der Waals surface area (Å²) in [5.41, 5.74) is -4.68. The molecule has 0 unspecified atom stereocenters. The van der Waals surface area contributed by atoms with Gasteiger partial charge in [0.05, 0.1) is 0 Å². The lowest BCUT2D eigenvalue weighted by Gasteiger charge is -2.35. The second kappa shape index (κ2) is 12.4. The van der Waals surface area contributed by atoms with Crippen molar-refractivity contribution in [2.45, 2.75) is 75.8 Å². The molecule has 1 N–H and O–H groups in total. The summed E-state index contributed by atoms with van der Waals surface area (Å²) in [6, 6.07) is 12.9. The van der Waals surface area contributed by atoms with E-state index >= 15 is 0 Å². The van der Waals surface area contributed by atoms with Crippen LogP contribution in [0.4, 0.5) is 18.0 Å². The van der Waals surface area contributed by atoms with Gasteiger partial charge in [0.2, 0.25) is 5.12 Å². The summed E-state index contributed by atoms with van der Waals surface area (Å²) in [4.78, 5) is 39.8. The van der Waals surface area contributed by atoms with Crippen LogP contribution in [0.15, 0.2) is 60.7 Å². The number of thioether (sulfide) groups is 1. The molecule has 0 spiro atoms. The van der Waals surface area contributed by atoms with Crippen LogP contribution in [0, 0.1) is 0 Å². The molecule has 0 aliphatic carbocycles. The maximum atomic E-state index is 14.5. The number of benzene rings is 2. The molecule has 0 heterocycles. The Morgan fingerprint density at radius 1 is 0.846 bits per heavy atom. The smallest absolute Gasteiger partial charge is 0.432 e. The molecule has 0 aliphatic heterocycles. The lowest BCUT2D eigenvalue weighted by Crippen LogP contribution is -2.54. The molecule has 0 saturated heterocycles. The number of carbonyl (C=O) groups is 3. The predicted molar refractivity (Wildman–Crippen MR) is 142 cm³/mol. The Morgan fingerprint density at radius 3 is 1.79 bits per heavy atom. The van der Waals surface area contributed by atoms with E-state index in [1.807, 2.05) is 0 Å². The standard InChI is InChI=1S/C28H34F3NO6S/c1-25(2,3)38-24(35)32-20(18-14-10-8-11-15-18)21(22(33)39-26(4,5)6)37-23(34)27(36-7,28(29,30)31)19-16-12-9-13-17-19/h8-17,20-21H,1-7H3,(H,32,35)/t20-,21+,27+/m0/s1. The Hall–Kier alpha value is -3.05. The molecule has 0 aliphatic rings. The van der Waals surface area contributed by atoms with Crippen LogP contribution in [0.5, 0.6) is 0 Å². The molecular weight excluding hydrogens is 535 g/mol. The highest BCUT2D eigenvalue weighted by atomic mass is 32.2. The van der Waals surface area contributed by atoms with Crippen LogP contribution in [0.1, 0.15) is 58.7 Å². The summed E-state index contributed by atoms with van der Waals surface area (Å²) in [6.45, 7) is 10.0. The Morgan fingerprint density at radius 2 is 1.36 bits per heavy atom. The number of halogens is 3. The first-order valence-electron chi connectivity index (χ1n) is 12.1. The summed E-state index contributed by atoms with van der Waals surface area (Å²) in [6.07, 6.45) is -8.09. The molecule has 1 amide bonds. The van der Waals surface area contributed by atoms with Gasteiger partial charge < -0.3 is 19.5 Å². The summed E-state index contributed by atoms with van der Waals surface area (Å²) < 4.78 is 58.5. The van der Waals surface area contributed by atoms with E-state index in [-0.39, 0.29) is 0 Å². The van der Waals surface area contributed by atoms with Gasteiger partial charge in [-0.3, -0.25) is 4.79 Å². The number of alkyl halides is 3. The normalized spacial score (nSPS) is 15.4. The zero-order valence-electron chi connectivity index (χ0n) is 22.9. The average Bonchev–Trinajstić information content (AvgIpc) is 2.80. The maximum Gasteiger partial charge on any atom is 0.432 e. The SMILES string of the molecule is CO[C@@](C(=O)O[C@@H](C(=O)SC(C)(C)C)[C@@H](NC(=O)OC(C)(C)C)c1ccccc1)(c1ccccc1)C(F)(F)F. The van der Waals surface area contributed by atoms with Crippen LogP contribution in [0.25, 0.3) is 0 Å². The van der Waals surface area contributed by atoms with Crippen LogP contribution in [0.3, 0.4) is 0 Å². The quantitative estimate of drug-likeness (QED) is 0.372. The Bertz CT molecular complexity index is 1130. The van der Waals surface area contributed by atoms with E-state index in [2.05, 4.69) is 5.32 Å². The van der Waals surface area contributed by atoms with Crippen molar-refractivity contribution in [1.29, 1.82) is 0 Å². The number of nitrogens with one attached hydrogen (secondary N) is 1. The van der Waals surface area contributed by atoms with Crippen LogP contribution >= 0.6 is 11.8 Å². The maximum absolute atomic E-state index is 14.5. The third-order valence-corrected chi connectivity index (χ3v) is 6.23. The molecular formula is C28H34F3NO6S. The molecule has 214 valence electrons. The fourth-order valence-electron chi connectivity index (χ4n) is 3.63. The molecule has 11 heteroatoms. The first-order valence-corrected chi connectivity index (χ1v) is 12.9. The third-order valence-electron chi connectivity index (χ3n) is 5.18. The highest BCUT2D eigenvalue weighted by molar-refractivity contribution is 8.14. The van der Waals surface area contributed by atoms with Gasteiger partial charge in [0, 0.05) is 17.4 Å². The predicted octanol–water partition coefficient (Wildman–Crippen LogP) is 6.33. The van der Waals surface area contributed by atoms with Gasteiger partial charge in [0.1, 0.15) is 11.6 Å². The second-order valence-electron chi connectivity index (χ2n) is 10.6. The van der Waals surface area contributed by atoms with Gasteiger partial charge in [-0.1, -0.05) is 93.2 Å². The molecule has 2 rings (SSSR count). The van der Waals surface area contributed by atoms with Crippen molar-refractivity contribution in [2.75, 3.05) is 7.11 Å². The van der Waals surface area contributed by atoms with Gasteiger partial charge in [-0.25, -0.2) is 9.59 Å². The zero-order chi connectivity index (χ0) is 29.6. The number of esters is 1. The van der Waals surface area contributed by atoms with Crippen molar-refractivity contribution in [3.8, 4) is 0 Å². The van der Waals surface area contributed by atoms with E-state index in [0.29, 0.717) is 5.56 Å². The molecule has 0 fully saturated rings. The number of amides is 1. The first kappa shape index (κ1) is 32.2. The molecule has 0 aromatic heterocycles. The minimum atomic E-state index is -5.26. The van der Waals surface area contributed by atoms with Crippen molar-refractivity contribution >= 4 is 28.9 Å². The number of hydrogen-bond donors (Lipinski definition) is 1. The summed E-state index contributed by atoms with van der Waals surface area (Å²) in [5, 5.41) is 1.74. The molecule has 0 bridgehead atoms. The number of ether oxygens (including phenoxy) is 3. The van der Waals surface area contributed by atoms with E-state index in [0.717, 1.165) is 31.0 Å². The highest BCUT2D eigenvalue weighted by Crippen LogP contribution is 2.44. The van der Waals surface area contributed by atoms with Crippen molar-refractivity contribution in [3.63, 3.8) is 0 Å². The van der Waals surface area contributed by atoms with Crippen molar-refractivity contribution < 1.29 is 41.8 Å². The topological polar surface area (TPSA) is 90.9 Å². The average molecular weight is 570 g/mol. The van der Waals surface area contributed by atoms with Gasteiger partial charge in [-0.05, 0) is 26.3 Å². The van der Waals surface area contributed by atoms with E-state index in [4.69, 9.17) is 14.2 Å². The number of rotatable bonds is 8. The number of alkyl carbamates (subject to hydrolysis) is 1. The van der Waals surface area contributed by atoms with Gasteiger partial charge >= 0.3 is 18.2 Å². The lowest BCUT2D eigenvalue weighted by atomic mass is 9.92. The van der Waals surface area contributed by atoms with Gasteiger partial charge in [-0.2, -0.15) is 13.2 Å². The highest BCUT2D eigenvalue weighted by Gasteiger charge is 2.64. The monoisotopic (exact) mass is 569 g/mol. The minimum absolute atomic E-state index is 0.304. The Labute approximate surface area is 230 Å². The van der Waals surface area contributed by atoms with Crippen molar-refractivity contribution in [1.82, 2.24) is 5.32 Å². The van der Waals surface area contributed by atoms with Crippen molar-refractivity contribution in [2.24, 2.45) is 0 Å². The third kappa shape index (κ3) is 8.47. The Kier molecular flexibility index (Phi) is 10.2. The van der Waals surface area contributed by atoms with Crippen molar-refractivity contribution in [3.05, 3.63) is 71.8 Å². The van der Waals surface area contributed by atoms with Gasteiger partial charge in [0.15, 0.2) is 6.10 Å². The molecule has 2 aromatic rings. The fourth-order valence-corrected chi connectivity index (χ4v) is 4.53. The molecule has 2 aromatic carbocycles. The zero-order valence-corrected chi connectivity index (χ0v) is 23.7. The largest absolute Gasteiger partial charge is 0.448 e. The number of hydrogen-bond acceptors (Lipinski definition) is 7. The van der Waals surface area contributed by atoms with E-state index in [9.17, 15) is 27.6 Å². The number of methoxy groups -OCH3 is 1. The fraction of sp³-hybridized carbons (Fsp3) is 0.464. The molecule has 0 radical (unpaired) electrons. The lowest BCUT2D eigenvalue weighted by molar-refractivity contribution is -0.278. The first-order chi connectivity index (χ1) is 17.9. The van der Waals surface area contributed by atoms with Gasteiger partial charge in [-0.15, -0.1) is 0 Å². The number of carbonyl (C=O) groups excluding carboxylic acids is 3. The molecule has 0 saturated carbocycles.